The fraction of sp³-hybridized carbons (Fsp3) is 0.611. The summed E-state index contributed by atoms with van der Waals surface area (Å²) in [5, 5.41) is 6.23. The summed E-state index contributed by atoms with van der Waals surface area (Å²) in [7, 11) is 0. The van der Waals surface area contributed by atoms with Crippen LogP contribution in [0.25, 0.3) is 0 Å². The molecule has 1 spiro atoms. The molecule has 22 heavy (non-hydrogen) atoms. The minimum Gasteiger partial charge on any atom is -0.376 e. The first-order valence-electron chi connectivity index (χ1n) is 8.01. The predicted octanol–water partition coefficient (Wildman–Crippen LogP) is 5.62. The van der Waals surface area contributed by atoms with Gasteiger partial charge in [-0.25, -0.2) is 0 Å². The average Bonchev–Trinajstić information content (AvgIpc) is 3.03. The molecule has 0 N–H and O–H groups in total. The van der Waals surface area contributed by atoms with E-state index in [1.807, 2.05) is 24.8 Å². The number of nitrogens with zero attached hydrogens (tertiary/aromatic N) is 1. The van der Waals surface area contributed by atoms with Crippen molar-refractivity contribution in [1.29, 1.82) is 0 Å². The lowest BCUT2D eigenvalue weighted by molar-refractivity contribution is -0.0659. The van der Waals surface area contributed by atoms with Crippen molar-refractivity contribution >= 4 is 28.4 Å². The maximum absolute atomic E-state index is 6.27. The average molecular weight is 336 g/mol. The van der Waals surface area contributed by atoms with Crippen molar-refractivity contribution in [1.82, 2.24) is 0 Å². The molecule has 2 saturated carbocycles. The second-order valence-electron chi connectivity index (χ2n) is 7.80. The van der Waals surface area contributed by atoms with E-state index in [0.29, 0.717) is 5.41 Å². The first-order valence-corrected chi connectivity index (χ1v) is 9.20. The van der Waals surface area contributed by atoms with Crippen LogP contribution in [0.1, 0.15) is 51.2 Å². The van der Waals surface area contributed by atoms with Gasteiger partial charge in [-0.1, -0.05) is 61.4 Å². The van der Waals surface area contributed by atoms with Gasteiger partial charge in [-0.05, 0) is 42.7 Å². The number of thioether (sulfide) groups is 1. The molecule has 0 radical (unpaired) electrons. The predicted molar refractivity (Wildman–Crippen MR) is 93.4 cm³/mol. The number of benzene rings is 1. The second kappa shape index (κ2) is 4.45. The van der Waals surface area contributed by atoms with E-state index in [9.17, 15) is 0 Å². The molecule has 1 aromatic rings. The Balaban J connectivity index is 1.66. The molecule has 0 saturated heterocycles. The summed E-state index contributed by atoms with van der Waals surface area (Å²) in [5.74, 6) is 0.737. The summed E-state index contributed by atoms with van der Waals surface area (Å²) in [6, 6.07) is 6.15. The van der Waals surface area contributed by atoms with Crippen LogP contribution in [0.3, 0.4) is 0 Å². The second-order valence-corrected chi connectivity index (χ2v) is 9.46. The Hall–Kier alpha value is -0.670. The van der Waals surface area contributed by atoms with Crippen molar-refractivity contribution in [2.24, 2.45) is 21.9 Å². The Kier molecular flexibility index (Phi) is 3.01. The molecule has 2 aliphatic carbocycles. The molecule has 4 rings (SSSR count). The van der Waals surface area contributed by atoms with E-state index in [4.69, 9.17) is 16.4 Å². The summed E-state index contributed by atoms with van der Waals surface area (Å²) in [5.41, 5.74) is 2.66. The minimum absolute atomic E-state index is 0.176. The highest BCUT2D eigenvalue weighted by atomic mass is 35.5. The first-order chi connectivity index (χ1) is 10.3. The molecule has 1 heterocycles. The number of fused-ring (bicyclic) bond motifs is 3. The third kappa shape index (κ3) is 1.67. The maximum atomic E-state index is 6.27. The van der Waals surface area contributed by atoms with E-state index in [1.165, 1.54) is 12.8 Å². The van der Waals surface area contributed by atoms with Crippen molar-refractivity contribution < 1.29 is 4.84 Å². The molecular weight excluding hydrogens is 314 g/mol. The SMILES string of the molecule is Cc1ccc(C2=NO[C@@]3(C[C@H]4CC[C@]3(C)C4(C)C)S2)cc1Cl. The fourth-order valence-electron chi connectivity index (χ4n) is 4.62. The highest BCUT2D eigenvalue weighted by Gasteiger charge is 2.72. The van der Waals surface area contributed by atoms with E-state index < -0.39 is 0 Å². The summed E-state index contributed by atoms with van der Waals surface area (Å²) in [4.78, 5) is 5.93. The van der Waals surface area contributed by atoms with Gasteiger partial charge in [0.15, 0.2) is 4.93 Å². The highest BCUT2D eigenvalue weighted by Crippen LogP contribution is 2.74. The molecule has 2 fully saturated rings. The van der Waals surface area contributed by atoms with Gasteiger partial charge < -0.3 is 4.84 Å². The van der Waals surface area contributed by atoms with Crippen molar-refractivity contribution in [2.75, 3.05) is 0 Å². The van der Waals surface area contributed by atoms with Crippen LogP contribution in [-0.2, 0) is 4.84 Å². The monoisotopic (exact) mass is 335 g/mol. The van der Waals surface area contributed by atoms with Gasteiger partial charge in [0.05, 0.1) is 0 Å². The molecule has 3 aliphatic rings. The van der Waals surface area contributed by atoms with Gasteiger partial charge in [-0.15, -0.1) is 0 Å². The summed E-state index contributed by atoms with van der Waals surface area (Å²) < 4.78 is 0. The lowest BCUT2D eigenvalue weighted by Gasteiger charge is -2.43. The van der Waals surface area contributed by atoms with E-state index in [2.05, 4.69) is 38.1 Å². The zero-order chi connectivity index (χ0) is 15.8. The van der Waals surface area contributed by atoms with E-state index in [1.54, 1.807) is 0 Å². The molecule has 1 aromatic carbocycles. The molecular formula is C18H22ClNOS. The Morgan fingerprint density at radius 2 is 2.09 bits per heavy atom. The summed E-state index contributed by atoms with van der Waals surface area (Å²) >= 11 is 8.10. The Labute approximate surface area is 141 Å². The zero-order valence-corrected chi connectivity index (χ0v) is 15.1. The molecule has 2 nitrogen and oxygen atoms in total. The number of aryl methyl sites for hydroxylation is 1. The molecule has 0 amide bonds. The third-order valence-electron chi connectivity index (χ3n) is 6.75. The van der Waals surface area contributed by atoms with Crippen LogP contribution in [0.5, 0.6) is 0 Å². The molecule has 0 unspecified atom stereocenters. The Morgan fingerprint density at radius 1 is 1.32 bits per heavy atom. The molecule has 2 bridgehead atoms. The van der Waals surface area contributed by atoms with Gasteiger partial charge in [0.25, 0.3) is 0 Å². The highest BCUT2D eigenvalue weighted by molar-refractivity contribution is 8.15. The van der Waals surface area contributed by atoms with Crippen molar-refractivity contribution in [3.05, 3.63) is 34.3 Å². The normalized spacial score (nSPS) is 38.4. The van der Waals surface area contributed by atoms with E-state index in [-0.39, 0.29) is 10.3 Å². The van der Waals surface area contributed by atoms with Crippen molar-refractivity contribution in [2.45, 2.75) is 51.9 Å². The van der Waals surface area contributed by atoms with Crippen LogP contribution in [0.15, 0.2) is 23.4 Å². The van der Waals surface area contributed by atoms with Crippen LogP contribution in [0, 0.1) is 23.7 Å². The Bertz CT molecular complexity index is 686. The van der Waals surface area contributed by atoms with Gasteiger partial charge in [0, 0.05) is 22.4 Å². The number of rotatable bonds is 1. The summed E-state index contributed by atoms with van der Waals surface area (Å²) in [6.45, 7) is 9.23. The summed E-state index contributed by atoms with van der Waals surface area (Å²) in [6.07, 6.45) is 3.66. The Morgan fingerprint density at radius 3 is 2.68 bits per heavy atom. The smallest absolute Gasteiger partial charge is 0.194 e. The minimum atomic E-state index is -0.188. The lowest BCUT2D eigenvalue weighted by atomic mass is 9.69. The number of hydrogen-bond donors (Lipinski definition) is 0. The number of oxime groups is 1. The fourth-order valence-corrected chi connectivity index (χ4v) is 6.38. The van der Waals surface area contributed by atoms with Gasteiger partial charge in [-0.2, -0.15) is 0 Å². The number of hydrogen-bond acceptors (Lipinski definition) is 3. The van der Waals surface area contributed by atoms with E-state index in [0.717, 1.165) is 33.5 Å². The van der Waals surface area contributed by atoms with Crippen molar-refractivity contribution in [3.63, 3.8) is 0 Å². The molecule has 118 valence electrons. The molecule has 0 aromatic heterocycles. The first kappa shape index (κ1) is 14.9. The number of halogens is 1. The molecule has 4 heteroatoms. The van der Waals surface area contributed by atoms with Gasteiger partial charge >= 0.3 is 0 Å². The van der Waals surface area contributed by atoms with Gasteiger partial charge in [0.2, 0.25) is 0 Å². The lowest BCUT2D eigenvalue weighted by Crippen LogP contribution is -2.44. The zero-order valence-electron chi connectivity index (χ0n) is 13.6. The van der Waals surface area contributed by atoms with Gasteiger partial charge in [-0.3, -0.25) is 0 Å². The van der Waals surface area contributed by atoms with Crippen LogP contribution >= 0.6 is 23.4 Å². The largest absolute Gasteiger partial charge is 0.376 e. The topological polar surface area (TPSA) is 21.6 Å². The standard InChI is InChI=1S/C18H22ClNOS/c1-11-5-6-12(9-14(11)19)15-20-21-18(22-15)10-13-7-8-17(18,4)16(13,2)3/h5-6,9,13H,7-8,10H2,1-4H3/t13-,17-,18+/m1/s1. The maximum Gasteiger partial charge on any atom is 0.194 e. The van der Waals surface area contributed by atoms with E-state index >= 15 is 0 Å². The van der Waals surface area contributed by atoms with Gasteiger partial charge in [0.1, 0.15) is 5.04 Å². The molecule has 1 aliphatic heterocycles. The van der Waals surface area contributed by atoms with Crippen LogP contribution in [0.2, 0.25) is 5.02 Å². The van der Waals surface area contributed by atoms with Crippen LogP contribution < -0.4 is 0 Å². The quantitative estimate of drug-likeness (QED) is 0.664. The van der Waals surface area contributed by atoms with Crippen LogP contribution in [-0.4, -0.2) is 9.98 Å². The van der Waals surface area contributed by atoms with Crippen molar-refractivity contribution in [3.8, 4) is 0 Å². The molecule has 3 atom stereocenters. The van der Waals surface area contributed by atoms with Crippen LogP contribution in [0.4, 0.5) is 0 Å². The third-order valence-corrected chi connectivity index (χ3v) is 8.68.